The Bertz CT molecular complexity index is 859. The molecule has 4 saturated heterocycles. The lowest BCUT2D eigenvalue weighted by molar-refractivity contribution is -0.171. The minimum absolute atomic E-state index is 0.160. The number of hydrogen-bond acceptors (Lipinski definition) is 7. The van der Waals surface area contributed by atoms with Gasteiger partial charge in [-0.05, 0) is 24.7 Å². The number of thioether (sulfide) groups is 2. The normalized spacial score (nSPS) is 53.3. The molecule has 0 spiro atoms. The van der Waals surface area contributed by atoms with Gasteiger partial charge in [0.05, 0.1) is 30.4 Å². The van der Waals surface area contributed by atoms with Gasteiger partial charge in [0.15, 0.2) is 9.74 Å². The number of piperazine rings is 1. The van der Waals surface area contributed by atoms with Crippen molar-refractivity contribution >= 4 is 35.3 Å². The number of hydrogen-bond donors (Lipinski definition) is 3. The van der Waals surface area contributed by atoms with E-state index < -0.39 is 40.1 Å². The predicted octanol–water partition coefficient (Wildman–Crippen LogP) is -0.328. The fraction of sp³-hybridized carbons (Fsp3) is 0.684. The summed E-state index contributed by atoms with van der Waals surface area (Å²) in [5, 5.41) is 31.9. The van der Waals surface area contributed by atoms with E-state index >= 15 is 0 Å². The Kier molecular flexibility index (Phi) is 3.42. The van der Waals surface area contributed by atoms with Crippen molar-refractivity contribution in [1.29, 1.82) is 0 Å². The van der Waals surface area contributed by atoms with Crippen LogP contribution in [-0.2, 0) is 9.59 Å². The number of amides is 2. The van der Waals surface area contributed by atoms with Crippen molar-refractivity contribution in [2.24, 2.45) is 5.92 Å². The Morgan fingerprint density at radius 2 is 2.00 bits per heavy atom. The standard InChI is InChI=1S/C19H22N2O5S2/c1-27-18-6-8-3-2-4-10(22)13(8)20(18)17(26)19-7-9-11(23)5-12(28-19)15(24)14(9)21(19)16(18)25/h2-4,9-15,22-24H,5-7H2,1H3/t9-,10-,11-,12+,13-,14-,15-,18+,19+/m0/s1. The van der Waals surface area contributed by atoms with E-state index in [1.165, 1.54) is 23.5 Å². The van der Waals surface area contributed by atoms with Crippen molar-refractivity contribution < 1.29 is 24.9 Å². The molecule has 28 heavy (non-hydrogen) atoms. The van der Waals surface area contributed by atoms with Gasteiger partial charge >= 0.3 is 0 Å². The second-order valence-electron chi connectivity index (χ2n) is 8.67. The summed E-state index contributed by atoms with van der Waals surface area (Å²) in [4.78, 5) is 29.1. The van der Waals surface area contributed by atoms with Gasteiger partial charge in [-0.2, -0.15) is 0 Å². The summed E-state index contributed by atoms with van der Waals surface area (Å²) in [5.41, 5.74) is 0.895. The predicted molar refractivity (Wildman–Crippen MR) is 104 cm³/mol. The van der Waals surface area contributed by atoms with Crippen LogP contribution in [0.25, 0.3) is 0 Å². The molecule has 9 atom stereocenters. The molecule has 6 aliphatic rings. The molecule has 3 bridgehead atoms. The molecule has 0 radical (unpaired) electrons. The van der Waals surface area contributed by atoms with Crippen molar-refractivity contribution in [3.05, 3.63) is 23.8 Å². The van der Waals surface area contributed by atoms with Gasteiger partial charge < -0.3 is 25.1 Å². The molecule has 6 rings (SSSR count). The highest BCUT2D eigenvalue weighted by atomic mass is 32.2. The number of nitrogens with zero attached hydrogens (tertiary/aromatic N) is 2. The highest BCUT2D eigenvalue weighted by molar-refractivity contribution is 8.02. The Balaban J connectivity index is 1.54. The fourth-order valence-corrected chi connectivity index (χ4v) is 9.29. The molecule has 0 aromatic heterocycles. The number of aliphatic hydroxyl groups is 3. The number of carbonyl (C=O) groups is 2. The highest BCUT2D eigenvalue weighted by Gasteiger charge is 2.77. The fourth-order valence-electron chi connectivity index (χ4n) is 6.41. The summed E-state index contributed by atoms with van der Waals surface area (Å²) in [6.45, 7) is 0. The van der Waals surface area contributed by atoms with Gasteiger partial charge in [0.1, 0.15) is 0 Å². The molecule has 3 N–H and O–H groups in total. The first kappa shape index (κ1) is 17.8. The van der Waals surface area contributed by atoms with Crippen LogP contribution in [0.4, 0.5) is 0 Å². The highest BCUT2D eigenvalue weighted by Crippen LogP contribution is 2.65. The Labute approximate surface area is 170 Å². The molecule has 9 heteroatoms. The van der Waals surface area contributed by atoms with Crippen LogP contribution >= 0.6 is 23.5 Å². The Hall–Kier alpha value is -1.00. The van der Waals surface area contributed by atoms with Gasteiger partial charge in [-0.3, -0.25) is 9.59 Å². The van der Waals surface area contributed by atoms with E-state index in [9.17, 15) is 24.9 Å². The zero-order chi connectivity index (χ0) is 19.6. The maximum atomic E-state index is 14.0. The molecule has 4 aliphatic heterocycles. The molecule has 7 nitrogen and oxygen atoms in total. The molecule has 1 saturated carbocycles. The topological polar surface area (TPSA) is 101 Å². The average molecular weight is 423 g/mol. The van der Waals surface area contributed by atoms with Crippen molar-refractivity contribution in [2.45, 2.75) is 64.6 Å². The summed E-state index contributed by atoms with van der Waals surface area (Å²) >= 11 is 2.67. The number of carbonyl (C=O) groups excluding carboxylic acids is 2. The van der Waals surface area contributed by atoms with Gasteiger partial charge in [-0.15, -0.1) is 23.5 Å². The van der Waals surface area contributed by atoms with E-state index in [-0.39, 0.29) is 23.0 Å². The largest absolute Gasteiger partial charge is 0.393 e. The van der Waals surface area contributed by atoms with Gasteiger partial charge in [-0.25, -0.2) is 0 Å². The van der Waals surface area contributed by atoms with Gasteiger partial charge in [0.2, 0.25) is 0 Å². The molecule has 0 aromatic carbocycles. The third-order valence-corrected chi connectivity index (χ3v) is 10.5. The molecule has 4 heterocycles. The van der Waals surface area contributed by atoms with Crippen LogP contribution < -0.4 is 0 Å². The molecule has 0 aromatic rings. The van der Waals surface area contributed by atoms with Gasteiger partial charge in [0.25, 0.3) is 11.8 Å². The van der Waals surface area contributed by atoms with Crippen LogP contribution in [0.5, 0.6) is 0 Å². The lowest BCUT2D eigenvalue weighted by Gasteiger charge is -2.58. The molecule has 150 valence electrons. The van der Waals surface area contributed by atoms with Crippen LogP contribution in [0.3, 0.4) is 0 Å². The SMILES string of the molecule is CS[C@@]12CC3=CC=C[C@H](O)[C@H]3N1C(=O)[C@@]13C[C@@H]4[C@@H]([C@@H](O)[C@@H](C[C@@H]4O)S1)N3C2=O. The van der Waals surface area contributed by atoms with Crippen molar-refractivity contribution in [3.63, 3.8) is 0 Å². The van der Waals surface area contributed by atoms with E-state index in [2.05, 4.69) is 0 Å². The van der Waals surface area contributed by atoms with Gasteiger partial charge in [-0.1, -0.05) is 18.2 Å². The summed E-state index contributed by atoms with van der Waals surface area (Å²) in [7, 11) is 0. The quantitative estimate of drug-likeness (QED) is 0.532. The number of rotatable bonds is 1. The van der Waals surface area contributed by atoms with Crippen LogP contribution in [0, 0.1) is 5.92 Å². The number of allylic oxidation sites excluding steroid dienone is 2. The van der Waals surface area contributed by atoms with Crippen LogP contribution in [-0.4, -0.2) is 88.6 Å². The molecule has 2 amide bonds. The number of fused-ring (bicyclic) bond motifs is 4. The van der Waals surface area contributed by atoms with Crippen LogP contribution in [0.2, 0.25) is 0 Å². The van der Waals surface area contributed by atoms with Crippen molar-refractivity contribution in [3.8, 4) is 0 Å². The Morgan fingerprint density at radius 1 is 1.21 bits per heavy atom. The van der Waals surface area contributed by atoms with E-state index in [4.69, 9.17) is 0 Å². The minimum atomic E-state index is -1.10. The molecule has 0 unspecified atom stereocenters. The third kappa shape index (κ3) is 1.74. The summed E-state index contributed by atoms with van der Waals surface area (Å²) in [5.74, 6) is -0.624. The zero-order valence-corrected chi connectivity index (χ0v) is 16.9. The van der Waals surface area contributed by atoms with E-state index in [1.54, 1.807) is 22.0 Å². The van der Waals surface area contributed by atoms with Crippen LogP contribution in [0.15, 0.2) is 23.8 Å². The van der Waals surface area contributed by atoms with Crippen molar-refractivity contribution in [1.82, 2.24) is 9.80 Å². The maximum Gasteiger partial charge on any atom is 0.261 e. The summed E-state index contributed by atoms with van der Waals surface area (Å²) in [6.07, 6.45) is 6.16. The lowest BCUT2D eigenvalue weighted by atomic mass is 9.80. The number of aliphatic hydroxyl groups excluding tert-OH is 3. The molecule has 2 aliphatic carbocycles. The van der Waals surface area contributed by atoms with E-state index in [1.807, 2.05) is 12.3 Å². The van der Waals surface area contributed by atoms with Gasteiger partial charge in [0, 0.05) is 17.6 Å². The smallest absolute Gasteiger partial charge is 0.261 e. The average Bonchev–Trinajstić information content (AvgIpc) is 3.12. The monoisotopic (exact) mass is 422 g/mol. The third-order valence-electron chi connectivity index (χ3n) is 7.56. The minimum Gasteiger partial charge on any atom is -0.393 e. The van der Waals surface area contributed by atoms with E-state index in [0.717, 1.165) is 5.57 Å². The van der Waals surface area contributed by atoms with Crippen LogP contribution in [0.1, 0.15) is 19.3 Å². The second-order valence-corrected chi connectivity index (χ2v) is 11.3. The van der Waals surface area contributed by atoms with E-state index in [0.29, 0.717) is 19.3 Å². The molecular weight excluding hydrogens is 400 g/mol. The zero-order valence-electron chi connectivity index (χ0n) is 15.3. The summed E-state index contributed by atoms with van der Waals surface area (Å²) in [6, 6.07) is -1.04. The van der Waals surface area contributed by atoms with Crippen molar-refractivity contribution in [2.75, 3.05) is 6.26 Å². The maximum absolute atomic E-state index is 14.0. The first-order valence-electron chi connectivity index (χ1n) is 9.68. The summed E-state index contributed by atoms with van der Waals surface area (Å²) < 4.78 is 0. The Morgan fingerprint density at radius 3 is 2.75 bits per heavy atom. The first-order valence-corrected chi connectivity index (χ1v) is 11.8. The first-order chi connectivity index (χ1) is 13.4. The second kappa shape index (κ2) is 5.37. The lowest BCUT2D eigenvalue weighted by Crippen LogP contribution is -2.77. The molecular formula is C19H22N2O5S2. The molecule has 5 fully saturated rings.